The van der Waals surface area contributed by atoms with Crippen molar-refractivity contribution in [2.75, 3.05) is 11.9 Å². The first-order valence-corrected chi connectivity index (χ1v) is 9.61. The fraction of sp³-hybridized carbons (Fsp3) is 0.348. The molecule has 0 aliphatic heterocycles. The third-order valence-corrected chi connectivity index (χ3v) is 4.84. The monoisotopic (exact) mass is 396 g/mol. The summed E-state index contributed by atoms with van der Waals surface area (Å²) in [6.07, 6.45) is 0.426. The fourth-order valence-electron chi connectivity index (χ4n) is 2.98. The molecule has 1 atom stereocenters. The minimum absolute atomic E-state index is 0.0445. The Morgan fingerprint density at radius 3 is 2.28 bits per heavy atom. The number of carboxylic acids is 1. The van der Waals surface area contributed by atoms with E-state index in [9.17, 15) is 19.5 Å². The third-order valence-electron chi connectivity index (χ3n) is 4.84. The average Bonchev–Trinajstić information content (AvgIpc) is 2.67. The Hall–Kier alpha value is -3.15. The number of benzene rings is 2. The summed E-state index contributed by atoms with van der Waals surface area (Å²) in [7, 11) is 0. The van der Waals surface area contributed by atoms with Crippen molar-refractivity contribution in [2.45, 2.75) is 39.5 Å². The summed E-state index contributed by atoms with van der Waals surface area (Å²) < 4.78 is 0. The van der Waals surface area contributed by atoms with Crippen LogP contribution in [0.3, 0.4) is 0 Å². The van der Waals surface area contributed by atoms with E-state index < -0.39 is 11.4 Å². The van der Waals surface area contributed by atoms with Gasteiger partial charge in [-0.15, -0.1) is 0 Å². The quantitative estimate of drug-likeness (QED) is 0.633. The molecule has 0 fully saturated rings. The minimum atomic E-state index is -1.24. The molecule has 3 N–H and O–H groups in total. The van der Waals surface area contributed by atoms with Crippen molar-refractivity contribution in [3.8, 4) is 0 Å². The topological polar surface area (TPSA) is 95.5 Å². The first-order valence-electron chi connectivity index (χ1n) is 9.61. The van der Waals surface area contributed by atoms with Gasteiger partial charge in [-0.05, 0) is 49.1 Å². The van der Waals surface area contributed by atoms with Gasteiger partial charge in [-0.1, -0.05) is 44.2 Å². The Kier molecular flexibility index (Phi) is 7.15. The third kappa shape index (κ3) is 5.67. The molecule has 0 bridgehead atoms. The smallest absolute Gasteiger partial charge is 0.315 e. The molecular formula is C23H28N2O4. The highest BCUT2D eigenvalue weighted by molar-refractivity contribution is 5.97. The van der Waals surface area contributed by atoms with Crippen molar-refractivity contribution in [1.82, 2.24) is 5.32 Å². The standard InChI is InChI=1S/C23H28N2O4/c1-15(2)12-20(26)25-19-11-10-17(13-16(19)3)21(27)24-14-23(4,22(28)29)18-8-6-5-7-9-18/h5-11,13,15H,12,14H2,1-4H3,(H,24,27)(H,25,26)(H,28,29). The molecule has 2 amide bonds. The maximum absolute atomic E-state index is 12.6. The van der Waals surface area contributed by atoms with Crippen LogP contribution in [0.25, 0.3) is 0 Å². The summed E-state index contributed by atoms with van der Waals surface area (Å²) >= 11 is 0. The molecule has 0 saturated heterocycles. The highest BCUT2D eigenvalue weighted by atomic mass is 16.4. The second-order valence-corrected chi connectivity index (χ2v) is 7.86. The van der Waals surface area contributed by atoms with Crippen molar-refractivity contribution in [1.29, 1.82) is 0 Å². The van der Waals surface area contributed by atoms with Crippen LogP contribution >= 0.6 is 0 Å². The summed E-state index contributed by atoms with van der Waals surface area (Å²) in [6.45, 7) is 7.30. The molecule has 0 aliphatic rings. The molecule has 154 valence electrons. The number of anilines is 1. The van der Waals surface area contributed by atoms with Crippen LogP contribution in [0.2, 0.25) is 0 Å². The second kappa shape index (κ2) is 9.37. The van der Waals surface area contributed by atoms with Crippen LogP contribution in [0.15, 0.2) is 48.5 Å². The van der Waals surface area contributed by atoms with E-state index in [-0.39, 0.29) is 24.3 Å². The van der Waals surface area contributed by atoms with Crippen LogP contribution in [-0.4, -0.2) is 29.4 Å². The number of carbonyl (C=O) groups is 3. The number of hydrogen-bond acceptors (Lipinski definition) is 3. The highest BCUT2D eigenvalue weighted by Crippen LogP contribution is 2.24. The van der Waals surface area contributed by atoms with Gasteiger partial charge >= 0.3 is 5.97 Å². The Morgan fingerprint density at radius 2 is 1.72 bits per heavy atom. The zero-order chi connectivity index (χ0) is 21.6. The number of aryl methyl sites for hydroxylation is 1. The molecule has 2 aromatic carbocycles. The van der Waals surface area contributed by atoms with Gasteiger partial charge in [-0.2, -0.15) is 0 Å². The van der Waals surface area contributed by atoms with Crippen LogP contribution in [0.1, 0.15) is 48.7 Å². The predicted molar refractivity (Wildman–Crippen MR) is 113 cm³/mol. The lowest BCUT2D eigenvalue weighted by Gasteiger charge is -2.25. The van der Waals surface area contributed by atoms with Gasteiger partial charge in [-0.3, -0.25) is 14.4 Å². The van der Waals surface area contributed by atoms with Crippen molar-refractivity contribution in [3.63, 3.8) is 0 Å². The summed E-state index contributed by atoms with van der Waals surface area (Å²) in [5.74, 6) is -1.19. The lowest BCUT2D eigenvalue weighted by atomic mass is 9.82. The van der Waals surface area contributed by atoms with Gasteiger partial charge < -0.3 is 15.7 Å². The van der Waals surface area contributed by atoms with Crippen LogP contribution in [-0.2, 0) is 15.0 Å². The molecule has 6 nitrogen and oxygen atoms in total. The molecule has 2 rings (SSSR count). The van der Waals surface area contributed by atoms with Crippen LogP contribution < -0.4 is 10.6 Å². The average molecular weight is 396 g/mol. The van der Waals surface area contributed by atoms with Crippen molar-refractivity contribution in [3.05, 3.63) is 65.2 Å². The molecule has 0 aliphatic carbocycles. The van der Waals surface area contributed by atoms with E-state index in [0.717, 1.165) is 5.56 Å². The van der Waals surface area contributed by atoms with E-state index in [4.69, 9.17) is 0 Å². The van der Waals surface area contributed by atoms with E-state index in [1.807, 2.05) is 26.8 Å². The maximum atomic E-state index is 12.6. The molecule has 1 unspecified atom stereocenters. The van der Waals surface area contributed by atoms with E-state index in [1.54, 1.807) is 49.4 Å². The van der Waals surface area contributed by atoms with E-state index in [1.165, 1.54) is 0 Å². The number of carbonyl (C=O) groups excluding carboxylic acids is 2. The Bertz CT molecular complexity index is 893. The van der Waals surface area contributed by atoms with E-state index >= 15 is 0 Å². The number of amides is 2. The van der Waals surface area contributed by atoms with Crippen LogP contribution in [0, 0.1) is 12.8 Å². The maximum Gasteiger partial charge on any atom is 0.315 e. The first-order chi connectivity index (χ1) is 13.6. The summed E-state index contributed by atoms with van der Waals surface area (Å²) in [6, 6.07) is 13.8. The van der Waals surface area contributed by atoms with E-state index in [2.05, 4.69) is 10.6 Å². The van der Waals surface area contributed by atoms with Crippen molar-refractivity contribution < 1.29 is 19.5 Å². The van der Waals surface area contributed by atoms with Gasteiger partial charge in [0.05, 0.1) is 0 Å². The lowest BCUT2D eigenvalue weighted by molar-refractivity contribution is -0.143. The van der Waals surface area contributed by atoms with Crippen molar-refractivity contribution >= 4 is 23.5 Å². The summed E-state index contributed by atoms with van der Waals surface area (Å²) in [5.41, 5.74) is 1.21. The normalized spacial score (nSPS) is 12.9. The Labute approximate surface area is 171 Å². The number of rotatable bonds is 8. The van der Waals surface area contributed by atoms with Gasteiger partial charge in [-0.25, -0.2) is 0 Å². The molecule has 0 radical (unpaired) electrons. The number of nitrogens with one attached hydrogen (secondary N) is 2. The van der Waals surface area contributed by atoms with Gasteiger partial charge in [0, 0.05) is 24.2 Å². The molecule has 6 heteroatoms. The van der Waals surface area contributed by atoms with Crippen LogP contribution in [0.4, 0.5) is 5.69 Å². The molecular weight excluding hydrogens is 368 g/mol. The number of carboxylic acid groups (broad SMARTS) is 1. The van der Waals surface area contributed by atoms with Gasteiger partial charge in [0.2, 0.25) is 5.91 Å². The van der Waals surface area contributed by atoms with Gasteiger partial charge in [0.25, 0.3) is 5.91 Å². The highest BCUT2D eigenvalue weighted by Gasteiger charge is 2.35. The SMILES string of the molecule is Cc1cc(C(=O)NCC(C)(C(=O)O)c2ccccc2)ccc1NC(=O)CC(C)C. The zero-order valence-electron chi connectivity index (χ0n) is 17.3. The molecule has 29 heavy (non-hydrogen) atoms. The summed E-state index contributed by atoms with van der Waals surface area (Å²) in [4.78, 5) is 36.4. The van der Waals surface area contributed by atoms with E-state index in [0.29, 0.717) is 23.2 Å². The Morgan fingerprint density at radius 1 is 1.07 bits per heavy atom. The second-order valence-electron chi connectivity index (χ2n) is 7.86. The summed E-state index contributed by atoms with van der Waals surface area (Å²) in [5, 5.41) is 15.3. The molecule has 0 aromatic heterocycles. The van der Waals surface area contributed by atoms with Gasteiger partial charge in [0.1, 0.15) is 5.41 Å². The van der Waals surface area contributed by atoms with Crippen LogP contribution in [0.5, 0.6) is 0 Å². The molecule has 0 heterocycles. The Balaban J connectivity index is 2.09. The van der Waals surface area contributed by atoms with Gasteiger partial charge in [0.15, 0.2) is 0 Å². The molecule has 0 spiro atoms. The minimum Gasteiger partial charge on any atom is -0.481 e. The molecule has 0 saturated carbocycles. The van der Waals surface area contributed by atoms with Crippen molar-refractivity contribution in [2.24, 2.45) is 5.92 Å². The lowest BCUT2D eigenvalue weighted by Crippen LogP contribution is -2.44. The fourth-order valence-corrected chi connectivity index (χ4v) is 2.98. The number of aliphatic carboxylic acids is 1. The predicted octanol–water partition coefficient (Wildman–Crippen LogP) is 3.75. The number of hydrogen-bond donors (Lipinski definition) is 3. The largest absolute Gasteiger partial charge is 0.481 e. The zero-order valence-corrected chi connectivity index (χ0v) is 17.3. The molecule has 2 aromatic rings. The first kappa shape index (κ1) is 22.1.